The Morgan fingerprint density at radius 3 is 2.03 bits per heavy atom. The summed E-state index contributed by atoms with van der Waals surface area (Å²) in [5, 5.41) is 9.92. The number of allylic oxidation sites excluding steroid dienone is 1. The summed E-state index contributed by atoms with van der Waals surface area (Å²) < 4.78 is 91.8. The van der Waals surface area contributed by atoms with Gasteiger partial charge in [0.1, 0.15) is 11.5 Å². The molecule has 1 heterocycles. The maximum absolute atomic E-state index is 14.0. The van der Waals surface area contributed by atoms with E-state index in [4.69, 9.17) is 10.5 Å². The van der Waals surface area contributed by atoms with Crippen LogP contribution in [0.4, 0.5) is 32.0 Å². The predicted molar refractivity (Wildman–Crippen MR) is 116 cm³/mol. The molecule has 0 amide bonds. The van der Waals surface area contributed by atoms with Gasteiger partial charge in [-0.15, -0.1) is 0 Å². The van der Waals surface area contributed by atoms with Crippen LogP contribution in [0.2, 0.25) is 0 Å². The molecule has 0 saturated carbocycles. The number of alkyl halides is 6. The maximum Gasteiger partial charge on any atom is 0.418 e. The minimum absolute atomic E-state index is 0.116. The fourth-order valence-corrected chi connectivity index (χ4v) is 3.90. The largest absolute Gasteiger partial charge is 0.466 e. The number of benzene rings is 2. The summed E-state index contributed by atoms with van der Waals surface area (Å²) >= 11 is 0. The number of nitrogens with two attached hydrogens (primary N) is 1. The highest BCUT2D eigenvalue weighted by Crippen LogP contribution is 2.47. The van der Waals surface area contributed by atoms with Crippen molar-refractivity contribution in [1.82, 2.24) is 0 Å². The van der Waals surface area contributed by atoms with Crippen LogP contribution in [-0.2, 0) is 31.4 Å². The molecule has 2 N–H and O–H groups in total. The number of halogens is 6. The lowest BCUT2D eigenvalue weighted by Gasteiger charge is -2.37. The highest BCUT2D eigenvalue weighted by Gasteiger charge is 2.46. The Balaban J connectivity index is 2.54. The van der Waals surface area contributed by atoms with Crippen molar-refractivity contribution < 1.29 is 45.4 Å². The summed E-state index contributed by atoms with van der Waals surface area (Å²) in [7, 11) is 1.76. The molecule has 0 bridgehead atoms. The fraction of sp³-hybridized carbons (Fsp3) is 0.208. The topological polar surface area (TPSA) is 106 Å². The summed E-state index contributed by atoms with van der Waals surface area (Å²) in [4.78, 5) is 26.2. The highest BCUT2D eigenvalue weighted by atomic mass is 19.4. The monoisotopic (exact) mass is 525 g/mol. The maximum atomic E-state index is 14.0. The molecule has 0 aliphatic carbocycles. The van der Waals surface area contributed by atoms with Crippen LogP contribution in [0.3, 0.4) is 0 Å². The molecule has 0 radical (unpaired) electrons. The summed E-state index contributed by atoms with van der Waals surface area (Å²) in [6, 6.07) is 9.73. The number of carbonyl (C=O) groups excluding carboxylic acids is 2. The lowest BCUT2D eigenvalue weighted by molar-refractivity contribution is -0.141. The van der Waals surface area contributed by atoms with Crippen LogP contribution < -0.4 is 10.6 Å². The van der Waals surface area contributed by atoms with Crippen molar-refractivity contribution in [2.24, 2.45) is 5.73 Å². The first kappa shape index (κ1) is 27.1. The molecule has 194 valence electrons. The van der Waals surface area contributed by atoms with Crippen LogP contribution >= 0.6 is 0 Å². The zero-order chi connectivity index (χ0) is 27.7. The van der Waals surface area contributed by atoms with Gasteiger partial charge in [0.15, 0.2) is 0 Å². The van der Waals surface area contributed by atoms with Crippen LogP contribution in [-0.4, -0.2) is 26.2 Å². The fourth-order valence-electron chi connectivity index (χ4n) is 3.90. The van der Waals surface area contributed by atoms with Gasteiger partial charge in [0.05, 0.1) is 54.2 Å². The number of nitrogens with zero attached hydrogens (tertiary/aromatic N) is 2. The zero-order valence-corrected chi connectivity index (χ0v) is 19.1. The number of carbonyl (C=O) groups is 2. The van der Waals surface area contributed by atoms with Crippen molar-refractivity contribution in [2.75, 3.05) is 19.1 Å². The number of rotatable bonds is 4. The Morgan fingerprint density at radius 2 is 1.54 bits per heavy atom. The van der Waals surface area contributed by atoms with E-state index in [1.807, 2.05) is 0 Å². The van der Waals surface area contributed by atoms with Gasteiger partial charge < -0.3 is 15.2 Å². The van der Waals surface area contributed by atoms with E-state index in [2.05, 4.69) is 4.74 Å². The average molecular weight is 525 g/mol. The summed E-state index contributed by atoms with van der Waals surface area (Å²) in [6.45, 7) is 0. The van der Waals surface area contributed by atoms with Crippen molar-refractivity contribution in [3.8, 4) is 6.07 Å². The smallest absolute Gasteiger partial charge is 0.418 e. The quantitative estimate of drug-likeness (QED) is 0.459. The van der Waals surface area contributed by atoms with Gasteiger partial charge in [0, 0.05) is 0 Å². The van der Waals surface area contributed by atoms with Crippen molar-refractivity contribution in [3.05, 3.63) is 87.9 Å². The number of ether oxygens (including phenoxy) is 2. The predicted octanol–water partition coefficient (Wildman–Crippen LogP) is 4.62. The Labute approximate surface area is 206 Å². The van der Waals surface area contributed by atoms with Gasteiger partial charge in [-0.2, -0.15) is 31.6 Å². The average Bonchev–Trinajstić information content (AvgIpc) is 2.86. The molecule has 37 heavy (non-hydrogen) atoms. The van der Waals surface area contributed by atoms with Crippen LogP contribution in [0, 0.1) is 11.3 Å². The van der Waals surface area contributed by atoms with Crippen LogP contribution in [0.25, 0.3) is 0 Å². The number of hydrogen-bond donors (Lipinski definition) is 1. The molecule has 1 aliphatic rings. The molecule has 1 atom stereocenters. The second-order valence-electron chi connectivity index (χ2n) is 7.56. The number of esters is 2. The lowest BCUT2D eigenvalue weighted by Crippen LogP contribution is -2.41. The third kappa shape index (κ3) is 4.95. The molecular formula is C24H17F6N3O4. The summed E-state index contributed by atoms with van der Waals surface area (Å²) in [6.07, 6.45) is -10.3. The Bertz CT molecular complexity index is 1340. The molecule has 0 spiro atoms. The van der Waals surface area contributed by atoms with E-state index < -0.39 is 69.7 Å². The van der Waals surface area contributed by atoms with Crippen LogP contribution in [0.1, 0.15) is 22.6 Å². The standard InChI is InChI=1S/C24H17F6N3O4/c1-36-21(34)18-17(12-6-4-3-5-7-12)14(11-31)20(32)33(19(18)22(35)37-2)16-10-13(23(25,26)27)8-9-15(16)24(28,29)30/h3-10,17H,32H2,1-2H3. The molecule has 1 aliphatic heterocycles. The van der Waals surface area contributed by atoms with Gasteiger partial charge in [-0.3, -0.25) is 4.90 Å². The minimum atomic E-state index is -5.23. The highest BCUT2D eigenvalue weighted by molar-refractivity contribution is 6.06. The molecule has 7 nitrogen and oxygen atoms in total. The molecule has 2 aromatic rings. The van der Waals surface area contributed by atoms with Gasteiger partial charge >= 0.3 is 24.3 Å². The molecule has 0 saturated heterocycles. The molecule has 2 aromatic carbocycles. The van der Waals surface area contributed by atoms with Gasteiger partial charge in [-0.05, 0) is 23.8 Å². The minimum Gasteiger partial charge on any atom is -0.466 e. The van der Waals surface area contributed by atoms with E-state index in [1.54, 1.807) is 12.1 Å². The van der Waals surface area contributed by atoms with Crippen molar-refractivity contribution in [1.29, 1.82) is 5.26 Å². The van der Waals surface area contributed by atoms with Gasteiger partial charge in [-0.25, -0.2) is 9.59 Å². The van der Waals surface area contributed by atoms with Crippen molar-refractivity contribution in [3.63, 3.8) is 0 Å². The number of nitriles is 1. The summed E-state index contributed by atoms with van der Waals surface area (Å²) in [5.74, 6) is -4.88. The van der Waals surface area contributed by atoms with Crippen molar-refractivity contribution in [2.45, 2.75) is 18.3 Å². The third-order valence-corrected chi connectivity index (χ3v) is 5.48. The number of methoxy groups -OCH3 is 2. The molecule has 1 unspecified atom stereocenters. The second kappa shape index (κ2) is 9.88. The van der Waals surface area contributed by atoms with Crippen LogP contribution in [0.15, 0.2) is 71.2 Å². The Morgan fingerprint density at radius 1 is 0.946 bits per heavy atom. The van der Waals surface area contributed by atoms with Gasteiger partial charge in [-0.1, -0.05) is 30.3 Å². The second-order valence-corrected chi connectivity index (χ2v) is 7.56. The Hall–Kier alpha value is -4.47. The van der Waals surface area contributed by atoms with Crippen molar-refractivity contribution >= 4 is 17.6 Å². The van der Waals surface area contributed by atoms with E-state index >= 15 is 0 Å². The molecule has 3 rings (SSSR count). The Kier molecular flexibility index (Phi) is 7.25. The molecule has 0 fully saturated rings. The first-order valence-corrected chi connectivity index (χ1v) is 10.2. The van der Waals surface area contributed by atoms with E-state index in [9.17, 15) is 41.2 Å². The third-order valence-electron chi connectivity index (χ3n) is 5.48. The summed E-state index contributed by atoms with van der Waals surface area (Å²) in [5.41, 5.74) is -0.162. The van der Waals surface area contributed by atoms with Gasteiger partial charge in [0.25, 0.3) is 0 Å². The van der Waals surface area contributed by atoms with E-state index in [0.29, 0.717) is 0 Å². The number of anilines is 1. The van der Waals surface area contributed by atoms with E-state index in [0.717, 1.165) is 14.2 Å². The van der Waals surface area contributed by atoms with E-state index in [1.165, 1.54) is 24.3 Å². The molecular weight excluding hydrogens is 508 g/mol. The molecule has 13 heteroatoms. The zero-order valence-electron chi connectivity index (χ0n) is 19.1. The number of hydrogen-bond acceptors (Lipinski definition) is 7. The SMILES string of the molecule is COC(=O)C1=C(C(=O)OC)N(c2cc(C(F)(F)F)ccc2C(F)(F)F)C(N)=C(C#N)C1c1ccccc1. The first-order valence-electron chi connectivity index (χ1n) is 10.2. The molecule has 0 aromatic heterocycles. The van der Waals surface area contributed by atoms with Crippen LogP contribution in [0.5, 0.6) is 0 Å². The normalized spacial score (nSPS) is 16.4. The lowest BCUT2D eigenvalue weighted by atomic mass is 9.80. The first-order chi connectivity index (χ1) is 17.3. The van der Waals surface area contributed by atoms with E-state index in [-0.39, 0.29) is 28.7 Å². The van der Waals surface area contributed by atoms with Gasteiger partial charge in [0.2, 0.25) is 0 Å².